The average molecular weight is 376 g/mol. The standard InChI is InChI=1S/C17H24N6O4/c1-7(2)12(18)16(26)27-5-9-8(3)10(4-11(9)24)23-6-20-13-14(23)21-17(19)22-15(13)25/h6-7,9-12,24H,3-5,18H2,1-2H3,(H3,19,21,22,25)/t9-,10-,11-,12?/m0/s1. The number of carbonyl (C=O) groups excluding carboxylic acids is 1. The largest absolute Gasteiger partial charge is 0.464 e. The molecule has 6 N–H and O–H groups in total. The maximum absolute atomic E-state index is 12.0. The molecule has 0 amide bonds. The van der Waals surface area contributed by atoms with Crippen molar-refractivity contribution in [3.8, 4) is 0 Å². The predicted octanol–water partition coefficient (Wildman–Crippen LogP) is -0.294. The number of nitrogens with one attached hydrogen (secondary N) is 1. The Kier molecular flexibility index (Phi) is 5.03. The third-order valence-corrected chi connectivity index (χ3v) is 5.02. The molecule has 1 unspecified atom stereocenters. The maximum atomic E-state index is 12.0. The normalized spacial score (nSPS) is 23.9. The number of hydrogen-bond acceptors (Lipinski definition) is 8. The first-order chi connectivity index (χ1) is 12.7. The van der Waals surface area contributed by atoms with Gasteiger partial charge in [-0.15, -0.1) is 0 Å². The highest BCUT2D eigenvalue weighted by Crippen LogP contribution is 2.40. The van der Waals surface area contributed by atoms with E-state index in [1.54, 1.807) is 4.57 Å². The lowest BCUT2D eigenvalue weighted by molar-refractivity contribution is -0.148. The van der Waals surface area contributed by atoms with E-state index in [1.807, 2.05) is 13.8 Å². The number of carbonyl (C=O) groups is 1. The minimum Gasteiger partial charge on any atom is -0.464 e. The predicted molar refractivity (Wildman–Crippen MR) is 98.6 cm³/mol. The Hall–Kier alpha value is -2.72. The summed E-state index contributed by atoms with van der Waals surface area (Å²) in [5.74, 6) is -1.03. The van der Waals surface area contributed by atoms with Crippen molar-refractivity contribution in [3.63, 3.8) is 0 Å². The molecular formula is C17H24N6O4. The van der Waals surface area contributed by atoms with Gasteiger partial charge in [0.15, 0.2) is 11.2 Å². The third kappa shape index (κ3) is 3.45. The highest BCUT2D eigenvalue weighted by atomic mass is 16.5. The van der Waals surface area contributed by atoms with Gasteiger partial charge in [0.2, 0.25) is 5.95 Å². The molecule has 0 spiro atoms. The van der Waals surface area contributed by atoms with E-state index in [1.165, 1.54) is 6.33 Å². The number of ether oxygens (including phenoxy) is 1. The summed E-state index contributed by atoms with van der Waals surface area (Å²) >= 11 is 0. The topological polar surface area (TPSA) is 162 Å². The van der Waals surface area contributed by atoms with Gasteiger partial charge in [-0.1, -0.05) is 20.4 Å². The van der Waals surface area contributed by atoms with Crippen LogP contribution < -0.4 is 17.0 Å². The van der Waals surface area contributed by atoms with E-state index < -0.39 is 29.6 Å². The Balaban J connectivity index is 1.80. The molecule has 1 aliphatic rings. The van der Waals surface area contributed by atoms with Crippen LogP contribution in [0.15, 0.2) is 23.3 Å². The summed E-state index contributed by atoms with van der Waals surface area (Å²) in [7, 11) is 0. The van der Waals surface area contributed by atoms with Crippen molar-refractivity contribution in [2.75, 3.05) is 12.3 Å². The van der Waals surface area contributed by atoms with Gasteiger partial charge < -0.3 is 25.9 Å². The van der Waals surface area contributed by atoms with Crippen LogP contribution in [0.3, 0.4) is 0 Å². The molecule has 0 saturated heterocycles. The van der Waals surface area contributed by atoms with Crippen molar-refractivity contribution in [2.45, 2.75) is 38.5 Å². The van der Waals surface area contributed by atoms with Crippen LogP contribution in [0, 0.1) is 11.8 Å². The fraction of sp³-hybridized carbons (Fsp3) is 0.529. The average Bonchev–Trinajstić information content (AvgIpc) is 3.13. The van der Waals surface area contributed by atoms with Crippen LogP contribution in [-0.4, -0.2) is 49.3 Å². The zero-order valence-corrected chi connectivity index (χ0v) is 15.3. The van der Waals surface area contributed by atoms with Crippen molar-refractivity contribution >= 4 is 23.1 Å². The quantitative estimate of drug-likeness (QED) is 0.408. The van der Waals surface area contributed by atoms with E-state index in [0.29, 0.717) is 17.6 Å². The van der Waals surface area contributed by atoms with Gasteiger partial charge in [0, 0.05) is 5.92 Å². The van der Waals surface area contributed by atoms with Crippen molar-refractivity contribution in [1.82, 2.24) is 19.5 Å². The number of nitrogens with two attached hydrogens (primary N) is 2. The van der Waals surface area contributed by atoms with Gasteiger partial charge in [0.25, 0.3) is 5.56 Å². The second-order valence-corrected chi connectivity index (χ2v) is 7.18. The molecule has 0 radical (unpaired) electrons. The molecule has 3 rings (SSSR count). The van der Waals surface area contributed by atoms with Crippen molar-refractivity contribution in [1.29, 1.82) is 0 Å². The number of fused-ring (bicyclic) bond motifs is 1. The molecule has 2 aromatic heterocycles. The minimum atomic E-state index is -0.762. The number of esters is 1. The van der Waals surface area contributed by atoms with Crippen LogP contribution >= 0.6 is 0 Å². The molecule has 27 heavy (non-hydrogen) atoms. The number of rotatable bonds is 5. The van der Waals surface area contributed by atoms with Crippen LogP contribution in [0.4, 0.5) is 5.95 Å². The number of anilines is 1. The van der Waals surface area contributed by atoms with Crippen molar-refractivity contribution in [2.24, 2.45) is 17.6 Å². The Bertz CT molecular complexity index is 933. The number of aromatic amines is 1. The zero-order chi connectivity index (χ0) is 19.9. The van der Waals surface area contributed by atoms with Gasteiger partial charge in [-0.2, -0.15) is 4.98 Å². The maximum Gasteiger partial charge on any atom is 0.323 e. The lowest BCUT2D eigenvalue weighted by atomic mass is 10.0. The molecule has 1 saturated carbocycles. The number of aliphatic hydroxyl groups excluding tert-OH is 1. The van der Waals surface area contributed by atoms with E-state index in [9.17, 15) is 14.7 Å². The molecule has 0 aliphatic heterocycles. The molecule has 0 bridgehead atoms. The summed E-state index contributed by atoms with van der Waals surface area (Å²) in [5.41, 5.74) is 12.1. The number of nitrogen functional groups attached to an aromatic ring is 1. The number of nitrogens with zero attached hydrogens (tertiary/aromatic N) is 3. The first kappa shape index (κ1) is 19.1. The lowest BCUT2D eigenvalue weighted by Crippen LogP contribution is -2.38. The summed E-state index contributed by atoms with van der Waals surface area (Å²) in [6.07, 6.45) is 1.04. The second-order valence-electron chi connectivity index (χ2n) is 7.18. The molecule has 146 valence electrons. The molecule has 2 heterocycles. The van der Waals surface area contributed by atoms with E-state index in [-0.39, 0.29) is 30.0 Å². The van der Waals surface area contributed by atoms with E-state index >= 15 is 0 Å². The number of aromatic nitrogens is 4. The Labute approximate surface area is 155 Å². The third-order valence-electron chi connectivity index (χ3n) is 5.02. The Morgan fingerprint density at radius 3 is 2.93 bits per heavy atom. The van der Waals surface area contributed by atoms with Crippen LogP contribution in [0.25, 0.3) is 11.2 Å². The molecule has 1 aliphatic carbocycles. The van der Waals surface area contributed by atoms with Crippen LogP contribution in [0.5, 0.6) is 0 Å². The molecule has 10 nitrogen and oxygen atoms in total. The lowest BCUT2D eigenvalue weighted by Gasteiger charge is -2.20. The SMILES string of the molecule is C=C1[C@H](COC(=O)C(N)C(C)C)[C@@H](O)C[C@@H]1n1cnc2c(=O)[nH]c(N)nc21. The monoisotopic (exact) mass is 376 g/mol. The summed E-state index contributed by atoms with van der Waals surface area (Å²) in [6.45, 7) is 7.70. The fourth-order valence-electron chi connectivity index (χ4n) is 3.26. The number of hydrogen-bond donors (Lipinski definition) is 4. The number of H-pyrrole nitrogens is 1. The van der Waals surface area contributed by atoms with E-state index in [2.05, 4.69) is 21.5 Å². The van der Waals surface area contributed by atoms with Crippen LogP contribution in [0.2, 0.25) is 0 Å². The van der Waals surface area contributed by atoms with Gasteiger partial charge >= 0.3 is 5.97 Å². The summed E-state index contributed by atoms with van der Waals surface area (Å²) in [6, 6.07) is -1.06. The smallest absolute Gasteiger partial charge is 0.323 e. The first-order valence-electron chi connectivity index (χ1n) is 8.72. The molecular weight excluding hydrogens is 352 g/mol. The number of imidazole rings is 1. The second kappa shape index (κ2) is 7.12. The molecule has 4 atom stereocenters. The Morgan fingerprint density at radius 2 is 2.26 bits per heavy atom. The van der Waals surface area contributed by atoms with Gasteiger partial charge in [0.05, 0.1) is 18.5 Å². The number of aliphatic hydroxyl groups is 1. The highest BCUT2D eigenvalue weighted by Gasteiger charge is 2.39. The van der Waals surface area contributed by atoms with Gasteiger partial charge in [0.1, 0.15) is 12.6 Å². The molecule has 1 fully saturated rings. The first-order valence-corrected chi connectivity index (χ1v) is 8.72. The molecule has 2 aromatic rings. The zero-order valence-electron chi connectivity index (χ0n) is 15.3. The van der Waals surface area contributed by atoms with E-state index in [0.717, 1.165) is 0 Å². The van der Waals surface area contributed by atoms with Crippen LogP contribution in [0.1, 0.15) is 26.3 Å². The molecule has 0 aromatic carbocycles. The summed E-state index contributed by atoms with van der Waals surface area (Å²) < 4.78 is 6.94. The summed E-state index contributed by atoms with van der Waals surface area (Å²) in [5, 5.41) is 10.4. The fourth-order valence-corrected chi connectivity index (χ4v) is 3.26. The van der Waals surface area contributed by atoms with Gasteiger partial charge in [-0.05, 0) is 17.9 Å². The minimum absolute atomic E-state index is 0.0153. The van der Waals surface area contributed by atoms with Gasteiger partial charge in [-0.3, -0.25) is 14.6 Å². The van der Waals surface area contributed by atoms with Gasteiger partial charge in [-0.25, -0.2) is 4.98 Å². The highest BCUT2D eigenvalue weighted by molar-refractivity contribution is 5.75. The van der Waals surface area contributed by atoms with Crippen molar-refractivity contribution < 1.29 is 14.6 Å². The van der Waals surface area contributed by atoms with E-state index in [4.69, 9.17) is 16.2 Å². The Morgan fingerprint density at radius 1 is 1.56 bits per heavy atom. The molecule has 10 heteroatoms. The summed E-state index contributed by atoms with van der Waals surface area (Å²) in [4.78, 5) is 34.5. The van der Waals surface area contributed by atoms with Crippen molar-refractivity contribution in [3.05, 3.63) is 28.8 Å². The van der Waals surface area contributed by atoms with Crippen LogP contribution in [-0.2, 0) is 9.53 Å².